The van der Waals surface area contributed by atoms with E-state index in [2.05, 4.69) is 76.7 Å². The molecule has 3 aliphatic heterocycles. The second-order valence-corrected chi connectivity index (χ2v) is 17.3. The number of nitriles is 1. The van der Waals surface area contributed by atoms with Crippen LogP contribution in [0.15, 0.2) is 78.9 Å². The molecule has 4 N–H and O–H groups in total. The predicted octanol–water partition coefficient (Wildman–Crippen LogP) is 5.12. The zero-order chi connectivity index (χ0) is 43.0. The summed E-state index contributed by atoms with van der Waals surface area (Å²) < 4.78 is 41.2. The van der Waals surface area contributed by atoms with Gasteiger partial charge in [0.2, 0.25) is 11.8 Å². The van der Waals surface area contributed by atoms with Crippen LogP contribution in [0.25, 0.3) is 0 Å². The van der Waals surface area contributed by atoms with Crippen LogP contribution < -0.4 is 30.7 Å². The molecule has 0 saturated carbocycles. The summed E-state index contributed by atoms with van der Waals surface area (Å²) in [6.07, 6.45) is -2.31. The molecule has 0 aliphatic carbocycles. The molecule has 6 rings (SSSR count). The van der Waals surface area contributed by atoms with Crippen LogP contribution in [0.5, 0.6) is 11.5 Å². The fraction of sp³-hybridized carbons (Fsp3) is 0.523. The minimum Gasteiger partial charge on any atom is -0.497 e. The van der Waals surface area contributed by atoms with Gasteiger partial charge in [-0.25, -0.2) is 9.57 Å². The number of amides is 2. The predicted molar refractivity (Wildman–Crippen MR) is 227 cm³/mol. The average Bonchev–Trinajstić information content (AvgIpc) is 3.85. The zero-order valence-electron chi connectivity index (χ0n) is 35.8. The van der Waals surface area contributed by atoms with Crippen molar-refractivity contribution in [1.29, 1.82) is 5.26 Å². The van der Waals surface area contributed by atoms with E-state index in [1.807, 2.05) is 66.7 Å². The molecule has 7 atom stereocenters. The highest BCUT2D eigenvalue weighted by Gasteiger charge is 2.51. The summed E-state index contributed by atoms with van der Waals surface area (Å²) in [6.45, 7) is 12.7. The lowest BCUT2D eigenvalue weighted by atomic mass is 9.80. The molecule has 15 nitrogen and oxygen atoms in total. The molecule has 0 spiro atoms. The van der Waals surface area contributed by atoms with E-state index in [1.165, 1.54) is 0 Å². The maximum absolute atomic E-state index is 13.4. The molecule has 3 saturated heterocycles. The van der Waals surface area contributed by atoms with Gasteiger partial charge in [0.05, 0.1) is 58.9 Å². The van der Waals surface area contributed by atoms with Gasteiger partial charge in [0.25, 0.3) is 8.53 Å². The lowest BCUT2D eigenvalue weighted by molar-refractivity contribution is -0.135. The molecule has 3 aromatic carbocycles. The molecular formula is C44H60N7O8P. The van der Waals surface area contributed by atoms with E-state index in [4.69, 9.17) is 28.0 Å². The quantitative estimate of drug-likeness (QED) is 0.0714. The van der Waals surface area contributed by atoms with Crippen LogP contribution in [-0.2, 0) is 33.7 Å². The van der Waals surface area contributed by atoms with E-state index in [0.29, 0.717) is 24.6 Å². The van der Waals surface area contributed by atoms with Gasteiger partial charge in [0, 0.05) is 24.4 Å². The van der Waals surface area contributed by atoms with E-state index in [1.54, 1.807) is 28.1 Å². The summed E-state index contributed by atoms with van der Waals surface area (Å²) in [5.41, 5.74) is 1.53. The van der Waals surface area contributed by atoms with Crippen molar-refractivity contribution in [3.8, 4) is 17.6 Å². The summed E-state index contributed by atoms with van der Waals surface area (Å²) in [7, 11) is 1.63. The Morgan fingerprint density at radius 2 is 1.55 bits per heavy atom. The van der Waals surface area contributed by atoms with Gasteiger partial charge in [-0.3, -0.25) is 20.2 Å². The van der Waals surface area contributed by atoms with Crippen molar-refractivity contribution in [2.24, 2.45) is 5.92 Å². The van der Waals surface area contributed by atoms with Crippen LogP contribution in [-0.4, -0.2) is 105 Å². The molecule has 60 heavy (non-hydrogen) atoms. The lowest BCUT2D eigenvalue weighted by Gasteiger charge is -2.39. The highest BCUT2D eigenvalue weighted by Crippen LogP contribution is 2.50. The number of carbonyl (C=O) groups is 2. The molecule has 0 aromatic heterocycles. The van der Waals surface area contributed by atoms with Gasteiger partial charge < -0.3 is 38.6 Å². The Bertz CT molecular complexity index is 1840. The molecule has 3 heterocycles. The second-order valence-electron chi connectivity index (χ2n) is 15.9. The van der Waals surface area contributed by atoms with Gasteiger partial charge in [-0.15, -0.1) is 0 Å². The third-order valence-electron chi connectivity index (χ3n) is 11.0. The zero-order valence-corrected chi connectivity index (χ0v) is 36.7. The van der Waals surface area contributed by atoms with E-state index >= 15 is 0 Å². The Hall–Kier alpha value is -4.20. The first-order valence-electron chi connectivity index (χ1n) is 20.6. The van der Waals surface area contributed by atoms with Crippen molar-refractivity contribution in [3.63, 3.8) is 0 Å². The topological polar surface area (TPSA) is 168 Å². The average molecular weight is 846 g/mol. The molecule has 3 aromatic rings. The van der Waals surface area contributed by atoms with E-state index in [9.17, 15) is 14.9 Å². The monoisotopic (exact) mass is 845 g/mol. The van der Waals surface area contributed by atoms with Gasteiger partial charge in [0.1, 0.15) is 35.5 Å². The number of methoxy groups -OCH3 is 2. The van der Waals surface area contributed by atoms with Gasteiger partial charge >= 0.3 is 0 Å². The lowest BCUT2D eigenvalue weighted by Crippen LogP contribution is -2.72. The van der Waals surface area contributed by atoms with Crippen LogP contribution in [0.3, 0.4) is 0 Å². The Morgan fingerprint density at radius 1 is 0.950 bits per heavy atom. The number of carbonyl (C=O) groups excluding carboxylic acids is 2. The third kappa shape index (κ3) is 10.1. The van der Waals surface area contributed by atoms with Crippen molar-refractivity contribution >= 4 is 20.3 Å². The third-order valence-corrected chi connectivity index (χ3v) is 13.1. The number of rotatable bonds is 19. The number of hydrogen-bond donors (Lipinski definition) is 4. The van der Waals surface area contributed by atoms with Crippen LogP contribution in [0.2, 0.25) is 0 Å². The standard InChI is InChI=1S/C44H60N7O8P/c1-28(2)41(52)48-43-47-40-39(42(53)49-43)46-27-50(40)38-25-36(59-60(57-24-12-23-45)51(29(3)4)30(5)6)37(58-38)26-56-44(31-13-10-9-11-14-31,32-15-19-34(54-7)20-16-32)33-17-21-35(55-8)22-18-33/h9-11,13-22,28-30,36-40,43,46-47H,12,24-27H2,1-8H3,(H,48,52)(H,49,53)/t36-,37+,38+,39?,40?,43?,60?/m0/s1. The molecule has 3 fully saturated rings. The van der Waals surface area contributed by atoms with Gasteiger partial charge in [-0.2, -0.15) is 5.26 Å². The normalized spacial score (nSPS) is 23.8. The summed E-state index contributed by atoms with van der Waals surface area (Å²) in [5.74, 6) is 0.739. The first-order chi connectivity index (χ1) is 28.9. The molecule has 2 amide bonds. The number of nitrogens with zero attached hydrogens (tertiary/aromatic N) is 3. The molecule has 3 aliphatic rings. The number of fused-ring (bicyclic) bond motifs is 1. The second kappa shape index (κ2) is 20.6. The highest BCUT2D eigenvalue weighted by molar-refractivity contribution is 7.44. The highest BCUT2D eigenvalue weighted by atomic mass is 31.2. The van der Waals surface area contributed by atoms with Crippen LogP contribution in [0.4, 0.5) is 0 Å². The van der Waals surface area contributed by atoms with E-state index in [-0.39, 0.29) is 49.5 Å². The number of ether oxygens (including phenoxy) is 4. The summed E-state index contributed by atoms with van der Waals surface area (Å²) in [4.78, 5) is 28.1. The van der Waals surface area contributed by atoms with Crippen LogP contribution in [0.1, 0.15) is 71.1 Å². The molecular weight excluding hydrogens is 785 g/mol. The number of benzene rings is 3. The van der Waals surface area contributed by atoms with Gasteiger partial charge in [-0.05, 0) is 68.7 Å². The SMILES string of the molecule is COc1ccc(C(OC[C@H]2O[C@@H](N3CNC4C(=O)NC(NC(=O)C(C)C)NC43)C[C@@H]2OP(OCCC#N)N(C(C)C)C(C)C)(c2ccccc2)c2ccc(OC)cc2)cc1. The Kier molecular flexibility index (Phi) is 15.5. The molecule has 324 valence electrons. The molecule has 0 bridgehead atoms. The molecule has 0 radical (unpaired) electrons. The van der Waals surface area contributed by atoms with Crippen molar-refractivity contribution in [1.82, 2.24) is 30.8 Å². The Morgan fingerprint density at radius 3 is 2.10 bits per heavy atom. The number of hydrogen-bond acceptors (Lipinski definition) is 13. The Balaban J connectivity index is 1.38. The van der Waals surface area contributed by atoms with Crippen molar-refractivity contribution < 1.29 is 37.6 Å². The fourth-order valence-electron chi connectivity index (χ4n) is 8.00. The molecule has 16 heteroatoms. The maximum Gasteiger partial charge on any atom is 0.259 e. The smallest absolute Gasteiger partial charge is 0.259 e. The van der Waals surface area contributed by atoms with Crippen LogP contribution >= 0.6 is 8.53 Å². The van der Waals surface area contributed by atoms with Gasteiger partial charge in [0.15, 0.2) is 6.29 Å². The van der Waals surface area contributed by atoms with E-state index in [0.717, 1.165) is 16.7 Å². The van der Waals surface area contributed by atoms with Gasteiger partial charge in [-0.1, -0.05) is 68.4 Å². The Labute approximate surface area is 355 Å². The molecule has 4 unspecified atom stereocenters. The first-order valence-corrected chi connectivity index (χ1v) is 21.8. The minimum atomic E-state index is -1.65. The fourth-order valence-corrected chi connectivity index (χ4v) is 9.76. The first kappa shape index (κ1) is 45.3. The van der Waals surface area contributed by atoms with Crippen molar-refractivity contribution in [3.05, 3.63) is 95.6 Å². The van der Waals surface area contributed by atoms with Crippen molar-refractivity contribution in [2.75, 3.05) is 34.1 Å². The van der Waals surface area contributed by atoms with Crippen molar-refractivity contribution in [2.45, 2.75) is 109 Å². The summed E-state index contributed by atoms with van der Waals surface area (Å²) in [5, 5.41) is 21.9. The summed E-state index contributed by atoms with van der Waals surface area (Å²) in [6, 6.07) is 27.6. The maximum atomic E-state index is 13.4. The summed E-state index contributed by atoms with van der Waals surface area (Å²) >= 11 is 0. The largest absolute Gasteiger partial charge is 0.497 e. The van der Waals surface area contributed by atoms with Crippen LogP contribution in [0, 0.1) is 17.2 Å². The number of nitrogens with one attached hydrogen (secondary N) is 4. The minimum absolute atomic E-state index is 0.0772. The van der Waals surface area contributed by atoms with E-state index < -0.39 is 51.1 Å².